The van der Waals surface area contributed by atoms with Crippen molar-refractivity contribution in [2.45, 2.75) is 19.9 Å². The number of nitro groups is 1. The van der Waals surface area contributed by atoms with Crippen molar-refractivity contribution in [3.63, 3.8) is 0 Å². The Hall–Kier alpha value is -2.44. The van der Waals surface area contributed by atoms with Crippen molar-refractivity contribution in [1.29, 1.82) is 0 Å². The van der Waals surface area contributed by atoms with E-state index in [1.54, 1.807) is 6.07 Å². The molecule has 7 nitrogen and oxygen atoms in total. The van der Waals surface area contributed by atoms with Gasteiger partial charge >= 0.3 is 0 Å². The summed E-state index contributed by atoms with van der Waals surface area (Å²) in [6.45, 7) is 1.86. The quantitative estimate of drug-likeness (QED) is 0.603. The lowest BCUT2D eigenvalue weighted by atomic mass is 10.1. The molecule has 0 bridgehead atoms. The van der Waals surface area contributed by atoms with Gasteiger partial charge < -0.3 is 10.2 Å². The molecule has 1 aromatic carbocycles. The van der Waals surface area contributed by atoms with Crippen LogP contribution in [0.25, 0.3) is 0 Å². The summed E-state index contributed by atoms with van der Waals surface area (Å²) in [6.07, 6.45) is 0.218. The fraction of sp³-hybridized carbons (Fsp3) is 0.333. The van der Waals surface area contributed by atoms with E-state index in [2.05, 4.69) is 5.32 Å². The molecule has 0 unspecified atom stereocenters. The highest BCUT2D eigenvalue weighted by atomic mass is 16.6. The Balaban J connectivity index is 2.48. The number of fused-ring (bicyclic) bond motifs is 1. The lowest BCUT2D eigenvalue weighted by Gasteiger charge is -2.26. The minimum absolute atomic E-state index is 0.0583. The molecule has 19 heavy (non-hydrogen) atoms. The van der Waals surface area contributed by atoms with Crippen LogP contribution in [-0.2, 0) is 16.1 Å². The van der Waals surface area contributed by atoms with Crippen LogP contribution in [0.4, 0.5) is 11.4 Å². The maximum Gasteiger partial charge on any atom is 0.269 e. The zero-order chi connectivity index (χ0) is 14.0. The van der Waals surface area contributed by atoms with Gasteiger partial charge in [0, 0.05) is 49.8 Å². The van der Waals surface area contributed by atoms with Gasteiger partial charge in [-0.25, -0.2) is 0 Å². The van der Waals surface area contributed by atoms with Crippen LogP contribution in [0.5, 0.6) is 0 Å². The Morgan fingerprint density at radius 2 is 2.21 bits per heavy atom. The van der Waals surface area contributed by atoms with Crippen LogP contribution < -0.4 is 10.2 Å². The van der Waals surface area contributed by atoms with Crippen molar-refractivity contribution in [3.8, 4) is 0 Å². The van der Waals surface area contributed by atoms with Crippen LogP contribution in [0.15, 0.2) is 18.2 Å². The summed E-state index contributed by atoms with van der Waals surface area (Å²) in [4.78, 5) is 34.8. The minimum atomic E-state index is -0.501. The summed E-state index contributed by atoms with van der Waals surface area (Å²) in [7, 11) is 0. The molecular weight excluding hydrogens is 250 g/mol. The summed E-state index contributed by atoms with van der Waals surface area (Å²) in [5, 5.41) is 13.4. The molecule has 7 heteroatoms. The molecule has 2 amide bonds. The third-order valence-electron chi connectivity index (χ3n) is 2.98. The highest BCUT2D eigenvalue weighted by Crippen LogP contribution is 2.27. The van der Waals surface area contributed by atoms with E-state index in [4.69, 9.17) is 0 Å². The predicted molar refractivity (Wildman–Crippen MR) is 67.6 cm³/mol. The zero-order valence-electron chi connectivity index (χ0n) is 10.4. The first-order valence-corrected chi connectivity index (χ1v) is 5.81. The lowest BCUT2D eigenvalue weighted by molar-refractivity contribution is -0.384. The molecule has 0 spiro atoms. The first-order chi connectivity index (χ1) is 8.99. The van der Waals surface area contributed by atoms with Crippen molar-refractivity contribution < 1.29 is 14.5 Å². The SMILES string of the molecule is CC(=O)N1CCC(=O)NCc2cc([N+](=O)[O-])ccc21. The average molecular weight is 263 g/mol. The largest absolute Gasteiger partial charge is 0.352 e. The molecule has 100 valence electrons. The molecule has 0 fully saturated rings. The first kappa shape index (κ1) is 13.0. The van der Waals surface area contributed by atoms with E-state index in [1.807, 2.05) is 0 Å². The third-order valence-corrected chi connectivity index (χ3v) is 2.98. The number of nitrogens with zero attached hydrogens (tertiary/aromatic N) is 2. The molecule has 1 aromatic rings. The van der Waals surface area contributed by atoms with E-state index in [1.165, 1.54) is 24.0 Å². The molecule has 0 aliphatic carbocycles. The predicted octanol–water partition coefficient (Wildman–Crippen LogP) is 0.968. The molecule has 0 atom stereocenters. The number of hydrogen-bond acceptors (Lipinski definition) is 4. The molecule has 1 N–H and O–H groups in total. The summed E-state index contributed by atoms with van der Waals surface area (Å²) in [5.74, 6) is -0.367. The van der Waals surface area contributed by atoms with Crippen LogP contribution in [0.2, 0.25) is 0 Å². The maximum absolute atomic E-state index is 11.6. The van der Waals surface area contributed by atoms with Gasteiger partial charge in [-0.3, -0.25) is 19.7 Å². The highest BCUT2D eigenvalue weighted by molar-refractivity contribution is 5.94. The number of hydrogen-bond donors (Lipinski definition) is 1. The molecule has 1 heterocycles. The van der Waals surface area contributed by atoms with Gasteiger partial charge in [-0.05, 0) is 6.07 Å². The van der Waals surface area contributed by atoms with Gasteiger partial charge in [-0.2, -0.15) is 0 Å². The standard InChI is InChI=1S/C12H13N3O4/c1-8(16)14-5-4-12(17)13-7-9-6-10(15(18)19)2-3-11(9)14/h2-3,6H,4-5,7H2,1H3,(H,13,17). The number of carbonyl (C=O) groups is 2. The van der Waals surface area contributed by atoms with Crippen LogP contribution in [-0.4, -0.2) is 23.3 Å². The molecule has 2 rings (SSSR count). The van der Waals surface area contributed by atoms with Crippen LogP contribution in [0, 0.1) is 10.1 Å². The monoisotopic (exact) mass is 263 g/mol. The van der Waals surface area contributed by atoms with E-state index in [-0.39, 0.29) is 37.0 Å². The topological polar surface area (TPSA) is 92.6 Å². The fourth-order valence-electron chi connectivity index (χ4n) is 2.03. The zero-order valence-corrected chi connectivity index (χ0v) is 10.4. The number of anilines is 1. The third kappa shape index (κ3) is 2.70. The number of non-ortho nitro benzene ring substituents is 1. The molecule has 0 aromatic heterocycles. The molecule has 1 aliphatic rings. The number of rotatable bonds is 1. The van der Waals surface area contributed by atoms with E-state index in [0.717, 1.165) is 0 Å². The average Bonchev–Trinajstić information content (AvgIpc) is 2.34. The van der Waals surface area contributed by atoms with Gasteiger partial charge in [-0.15, -0.1) is 0 Å². The summed E-state index contributed by atoms with van der Waals surface area (Å²) >= 11 is 0. The van der Waals surface area contributed by atoms with Crippen molar-refractivity contribution in [2.24, 2.45) is 0 Å². The van der Waals surface area contributed by atoms with Gasteiger partial charge in [-0.1, -0.05) is 0 Å². The van der Waals surface area contributed by atoms with Crippen LogP contribution in [0.3, 0.4) is 0 Å². The Kier molecular flexibility index (Phi) is 3.46. The number of amides is 2. The summed E-state index contributed by atoms with van der Waals surface area (Å²) < 4.78 is 0. The smallest absolute Gasteiger partial charge is 0.269 e. The van der Waals surface area contributed by atoms with Crippen molar-refractivity contribution in [1.82, 2.24) is 5.32 Å². The van der Waals surface area contributed by atoms with Gasteiger partial charge in [0.15, 0.2) is 0 Å². The van der Waals surface area contributed by atoms with E-state index in [0.29, 0.717) is 11.3 Å². The Bertz CT molecular complexity index is 556. The fourth-order valence-corrected chi connectivity index (χ4v) is 2.03. The second kappa shape index (κ2) is 5.05. The number of benzene rings is 1. The van der Waals surface area contributed by atoms with E-state index in [9.17, 15) is 19.7 Å². The number of nitro benzene ring substituents is 1. The van der Waals surface area contributed by atoms with Crippen molar-refractivity contribution in [2.75, 3.05) is 11.4 Å². The molecule has 1 aliphatic heterocycles. The summed E-state index contributed by atoms with van der Waals surface area (Å²) in [6, 6.07) is 4.29. The van der Waals surface area contributed by atoms with E-state index < -0.39 is 4.92 Å². The Labute approximate surface area is 109 Å². The maximum atomic E-state index is 11.6. The molecular formula is C12H13N3O4. The molecule has 0 saturated heterocycles. The van der Waals surface area contributed by atoms with Crippen LogP contribution >= 0.6 is 0 Å². The second-order valence-electron chi connectivity index (χ2n) is 4.27. The minimum Gasteiger partial charge on any atom is -0.352 e. The number of carbonyl (C=O) groups excluding carboxylic acids is 2. The van der Waals surface area contributed by atoms with E-state index >= 15 is 0 Å². The van der Waals surface area contributed by atoms with Gasteiger partial charge in [0.05, 0.1) is 4.92 Å². The van der Waals surface area contributed by atoms with Gasteiger partial charge in [0.25, 0.3) is 5.69 Å². The Morgan fingerprint density at radius 3 is 2.84 bits per heavy atom. The number of nitrogens with one attached hydrogen (secondary N) is 1. The van der Waals surface area contributed by atoms with Crippen molar-refractivity contribution in [3.05, 3.63) is 33.9 Å². The summed E-state index contributed by atoms with van der Waals surface area (Å²) in [5.41, 5.74) is 1.12. The highest BCUT2D eigenvalue weighted by Gasteiger charge is 2.21. The normalized spacial score (nSPS) is 15.0. The lowest BCUT2D eigenvalue weighted by Crippen LogP contribution is -2.37. The Morgan fingerprint density at radius 1 is 1.47 bits per heavy atom. The van der Waals surface area contributed by atoms with Crippen molar-refractivity contribution >= 4 is 23.2 Å². The first-order valence-electron chi connectivity index (χ1n) is 5.81. The van der Waals surface area contributed by atoms with Crippen LogP contribution in [0.1, 0.15) is 18.9 Å². The molecule has 0 radical (unpaired) electrons. The second-order valence-corrected chi connectivity index (χ2v) is 4.27. The van der Waals surface area contributed by atoms with Gasteiger partial charge in [0.1, 0.15) is 0 Å². The van der Waals surface area contributed by atoms with Gasteiger partial charge in [0.2, 0.25) is 11.8 Å². The molecule has 0 saturated carbocycles.